The van der Waals surface area contributed by atoms with E-state index < -0.39 is 0 Å². The van der Waals surface area contributed by atoms with Gasteiger partial charge in [0.1, 0.15) is 0 Å². The predicted molar refractivity (Wildman–Crippen MR) is 69.7 cm³/mol. The van der Waals surface area contributed by atoms with E-state index in [1.54, 1.807) is 0 Å². The molecule has 1 fully saturated rings. The first-order valence-electron chi connectivity index (χ1n) is 7.12. The number of carbonyl (C=O) groups excluding carboxylic acids is 1. The number of likely N-dealkylation sites (tertiary alicyclic amines) is 1. The molecule has 0 aromatic carbocycles. The quantitative estimate of drug-likeness (QED) is 0.743. The second-order valence-corrected chi connectivity index (χ2v) is 5.20. The molecule has 0 aromatic heterocycles. The molecule has 0 aromatic rings. The zero-order valence-electron chi connectivity index (χ0n) is 11.3. The minimum absolute atomic E-state index is 0.225. The van der Waals surface area contributed by atoms with Crippen molar-refractivity contribution >= 4 is 5.91 Å². The monoisotopic (exact) mass is 241 g/mol. The summed E-state index contributed by atoms with van der Waals surface area (Å²) in [6, 6.07) is 0. The summed E-state index contributed by atoms with van der Waals surface area (Å²) in [5, 5.41) is 8.92. The van der Waals surface area contributed by atoms with Gasteiger partial charge in [0.05, 0.1) is 0 Å². The number of amides is 1. The Morgan fingerprint density at radius 1 is 1.47 bits per heavy atom. The molecule has 1 rings (SSSR count). The molecule has 100 valence electrons. The van der Waals surface area contributed by atoms with Crippen molar-refractivity contribution in [1.29, 1.82) is 0 Å². The van der Waals surface area contributed by atoms with Gasteiger partial charge in [-0.15, -0.1) is 0 Å². The average molecular weight is 241 g/mol. The lowest BCUT2D eigenvalue weighted by Gasteiger charge is -2.22. The van der Waals surface area contributed by atoms with Crippen molar-refractivity contribution in [3.8, 4) is 0 Å². The number of aliphatic hydroxyl groups is 1. The summed E-state index contributed by atoms with van der Waals surface area (Å²) >= 11 is 0. The summed E-state index contributed by atoms with van der Waals surface area (Å²) in [5.74, 6) is 1.09. The Balaban J connectivity index is 2.40. The van der Waals surface area contributed by atoms with Crippen LogP contribution in [0.4, 0.5) is 0 Å². The highest BCUT2D eigenvalue weighted by atomic mass is 16.3. The third kappa shape index (κ3) is 4.30. The molecule has 0 bridgehead atoms. The van der Waals surface area contributed by atoms with Crippen LogP contribution in [0.1, 0.15) is 52.4 Å². The lowest BCUT2D eigenvalue weighted by Crippen LogP contribution is -2.34. The normalized spacial score (nSPS) is 21.8. The van der Waals surface area contributed by atoms with Gasteiger partial charge in [-0.2, -0.15) is 0 Å². The van der Waals surface area contributed by atoms with Crippen molar-refractivity contribution in [2.45, 2.75) is 52.4 Å². The minimum atomic E-state index is 0.225. The molecule has 1 N–H and O–H groups in total. The maximum absolute atomic E-state index is 12.3. The Morgan fingerprint density at radius 2 is 2.24 bits per heavy atom. The molecule has 1 amide bonds. The van der Waals surface area contributed by atoms with Gasteiger partial charge in [-0.25, -0.2) is 0 Å². The van der Waals surface area contributed by atoms with Gasteiger partial charge in [0.2, 0.25) is 5.91 Å². The lowest BCUT2D eigenvalue weighted by atomic mass is 9.98. The molecule has 2 atom stereocenters. The topological polar surface area (TPSA) is 40.5 Å². The van der Waals surface area contributed by atoms with Crippen molar-refractivity contribution in [3.63, 3.8) is 0 Å². The second-order valence-electron chi connectivity index (χ2n) is 5.20. The van der Waals surface area contributed by atoms with E-state index in [2.05, 4.69) is 13.8 Å². The lowest BCUT2D eigenvalue weighted by molar-refractivity contribution is -0.135. The molecule has 3 heteroatoms. The minimum Gasteiger partial charge on any atom is -0.396 e. The standard InChI is InChI=1S/C14H27NO2/c1-3-5-6-13(4-2)14(17)15-9-7-12(11-15)8-10-16/h12-13,16H,3-11H2,1-2H3. The molecular weight excluding hydrogens is 214 g/mol. The first-order valence-corrected chi connectivity index (χ1v) is 7.12. The van der Waals surface area contributed by atoms with Gasteiger partial charge in [-0.3, -0.25) is 4.79 Å². The van der Waals surface area contributed by atoms with Crippen LogP contribution in [0.15, 0.2) is 0 Å². The smallest absolute Gasteiger partial charge is 0.225 e. The first-order chi connectivity index (χ1) is 8.22. The molecule has 3 nitrogen and oxygen atoms in total. The molecule has 0 aliphatic carbocycles. The van der Waals surface area contributed by atoms with Crippen LogP contribution in [0.3, 0.4) is 0 Å². The van der Waals surface area contributed by atoms with Gasteiger partial charge < -0.3 is 10.0 Å². The fourth-order valence-corrected chi connectivity index (χ4v) is 2.66. The van der Waals surface area contributed by atoms with Crippen LogP contribution in [0, 0.1) is 11.8 Å². The molecule has 1 aliphatic heterocycles. The van der Waals surface area contributed by atoms with E-state index in [9.17, 15) is 4.79 Å². The number of carbonyl (C=O) groups is 1. The molecule has 1 aliphatic rings. The van der Waals surface area contributed by atoms with Crippen LogP contribution < -0.4 is 0 Å². The van der Waals surface area contributed by atoms with Crippen molar-refractivity contribution < 1.29 is 9.90 Å². The third-order valence-corrected chi connectivity index (χ3v) is 3.88. The Labute approximate surface area is 105 Å². The summed E-state index contributed by atoms with van der Waals surface area (Å²) in [6.07, 6.45) is 6.22. The van der Waals surface area contributed by atoms with Crippen molar-refractivity contribution in [2.24, 2.45) is 11.8 Å². The van der Waals surface area contributed by atoms with Crippen LogP contribution >= 0.6 is 0 Å². The number of unbranched alkanes of at least 4 members (excludes halogenated alkanes) is 1. The molecule has 1 heterocycles. The van der Waals surface area contributed by atoms with Gasteiger partial charge in [0.25, 0.3) is 0 Å². The molecular formula is C14H27NO2. The van der Waals surface area contributed by atoms with Gasteiger partial charge in [-0.05, 0) is 31.6 Å². The van der Waals surface area contributed by atoms with Crippen LogP contribution in [-0.4, -0.2) is 35.6 Å². The SMILES string of the molecule is CCCCC(CC)C(=O)N1CCC(CCO)C1. The third-order valence-electron chi connectivity index (χ3n) is 3.88. The summed E-state index contributed by atoms with van der Waals surface area (Å²) in [4.78, 5) is 14.3. The Hall–Kier alpha value is -0.570. The first kappa shape index (κ1) is 14.5. The number of rotatable bonds is 7. The Morgan fingerprint density at radius 3 is 2.82 bits per heavy atom. The summed E-state index contributed by atoms with van der Waals surface area (Å²) in [5.41, 5.74) is 0. The predicted octanol–water partition coefficient (Wildman–Crippen LogP) is 2.43. The number of hydrogen-bond donors (Lipinski definition) is 1. The average Bonchev–Trinajstić information content (AvgIpc) is 2.79. The van der Waals surface area contributed by atoms with E-state index >= 15 is 0 Å². The summed E-state index contributed by atoms with van der Waals surface area (Å²) in [6.45, 7) is 6.29. The molecule has 1 saturated heterocycles. The highest BCUT2D eigenvalue weighted by Gasteiger charge is 2.29. The van der Waals surface area contributed by atoms with Crippen LogP contribution in [-0.2, 0) is 4.79 Å². The van der Waals surface area contributed by atoms with Crippen LogP contribution in [0.25, 0.3) is 0 Å². The maximum Gasteiger partial charge on any atom is 0.225 e. The molecule has 0 saturated carbocycles. The van der Waals surface area contributed by atoms with Crippen molar-refractivity contribution in [2.75, 3.05) is 19.7 Å². The number of nitrogens with zero attached hydrogens (tertiary/aromatic N) is 1. The molecule has 17 heavy (non-hydrogen) atoms. The van der Waals surface area contributed by atoms with E-state index in [0.29, 0.717) is 11.8 Å². The molecule has 0 spiro atoms. The van der Waals surface area contributed by atoms with Crippen LogP contribution in [0.5, 0.6) is 0 Å². The fourth-order valence-electron chi connectivity index (χ4n) is 2.66. The molecule has 0 radical (unpaired) electrons. The second kappa shape index (κ2) is 7.70. The fraction of sp³-hybridized carbons (Fsp3) is 0.929. The van der Waals surface area contributed by atoms with Gasteiger partial charge >= 0.3 is 0 Å². The highest BCUT2D eigenvalue weighted by Crippen LogP contribution is 2.23. The van der Waals surface area contributed by atoms with Gasteiger partial charge in [-0.1, -0.05) is 26.7 Å². The Bertz CT molecular complexity index is 230. The number of hydrogen-bond acceptors (Lipinski definition) is 2. The van der Waals surface area contributed by atoms with E-state index in [1.165, 1.54) is 0 Å². The highest BCUT2D eigenvalue weighted by molar-refractivity contribution is 5.79. The van der Waals surface area contributed by atoms with E-state index in [0.717, 1.165) is 51.6 Å². The zero-order valence-corrected chi connectivity index (χ0v) is 11.3. The van der Waals surface area contributed by atoms with Crippen LogP contribution in [0.2, 0.25) is 0 Å². The van der Waals surface area contributed by atoms with E-state index in [4.69, 9.17) is 5.11 Å². The summed E-state index contributed by atoms with van der Waals surface area (Å²) in [7, 11) is 0. The van der Waals surface area contributed by atoms with Gasteiger partial charge in [0, 0.05) is 25.6 Å². The van der Waals surface area contributed by atoms with E-state index in [-0.39, 0.29) is 12.5 Å². The van der Waals surface area contributed by atoms with Crippen molar-refractivity contribution in [1.82, 2.24) is 4.90 Å². The maximum atomic E-state index is 12.3. The number of aliphatic hydroxyl groups excluding tert-OH is 1. The van der Waals surface area contributed by atoms with E-state index in [1.807, 2.05) is 4.90 Å². The summed E-state index contributed by atoms with van der Waals surface area (Å²) < 4.78 is 0. The largest absolute Gasteiger partial charge is 0.396 e. The van der Waals surface area contributed by atoms with Gasteiger partial charge in [0.15, 0.2) is 0 Å². The molecule has 2 unspecified atom stereocenters. The Kier molecular flexibility index (Phi) is 6.56. The zero-order chi connectivity index (χ0) is 12.7. The van der Waals surface area contributed by atoms with Crippen molar-refractivity contribution in [3.05, 3.63) is 0 Å².